The molecular weight excluding hydrogens is 334 g/mol. The van der Waals surface area contributed by atoms with Crippen molar-refractivity contribution in [3.05, 3.63) is 66.4 Å². The van der Waals surface area contributed by atoms with Gasteiger partial charge in [0.1, 0.15) is 5.65 Å². The lowest BCUT2D eigenvalue weighted by atomic mass is 9.97. The third kappa shape index (κ3) is 3.19. The summed E-state index contributed by atoms with van der Waals surface area (Å²) in [4.78, 5) is 7.78. The van der Waals surface area contributed by atoms with E-state index in [4.69, 9.17) is 4.55 Å². The maximum absolute atomic E-state index is 10.7. The molecule has 0 fully saturated rings. The fourth-order valence-electron chi connectivity index (χ4n) is 3.20. The zero-order valence-corrected chi connectivity index (χ0v) is 14.2. The molecule has 0 aliphatic heterocycles. The second-order valence-electron chi connectivity index (χ2n) is 5.85. The maximum Gasteiger partial charge on any atom is 0.231 e. The van der Waals surface area contributed by atoms with Crippen molar-refractivity contribution in [2.24, 2.45) is 0 Å². The van der Waals surface area contributed by atoms with Crippen molar-refractivity contribution in [2.45, 2.75) is 6.42 Å². The van der Waals surface area contributed by atoms with E-state index in [1.54, 1.807) is 6.20 Å². The number of rotatable bonds is 5. The number of fused-ring (bicyclic) bond motifs is 3. The van der Waals surface area contributed by atoms with Crippen LogP contribution in [0.15, 0.2) is 60.8 Å². The van der Waals surface area contributed by atoms with E-state index in [2.05, 4.69) is 45.0 Å². The van der Waals surface area contributed by atoms with Crippen LogP contribution in [0.5, 0.6) is 0 Å². The molecule has 25 heavy (non-hydrogen) atoms. The second-order valence-corrected chi connectivity index (χ2v) is 6.63. The zero-order chi connectivity index (χ0) is 17.2. The highest BCUT2D eigenvalue weighted by molar-refractivity contribution is 7.77. The fraction of sp³-hybridized carbons (Fsp3) is 0.105. The summed E-state index contributed by atoms with van der Waals surface area (Å²) in [6.07, 6.45) is 2.47. The lowest BCUT2D eigenvalue weighted by molar-refractivity contribution is 0.549. The molecule has 0 bridgehead atoms. The lowest BCUT2D eigenvalue weighted by Gasteiger charge is -2.08. The van der Waals surface area contributed by atoms with Crippen LogP contribution in [0.3, 0.4) is 0 Å². The third-order valence-electron chi connectivity index (χ3n) is 4.27. The summed E-state index contributed by atoms with van der Waals surface area (Å²) >= 11 is -1.97. The summed E-state index contributed by atoms with van der Waals surface area (Å²) < 4.78 is 22.0. The van der Waals surface area contributed by atoms with Crippen molar-refractivity contribution in [1.82, 2.24) is 14.7 Å². The summed E-state index contributed by atoms with van der Waals surface area (Å²) in [5, 5.41) is 2.27. The van der Waals surface area contributed by atoms with E-state index in [1.165, 1.54) is 0 Å². The molecule has 1 unspecified atom stereocenters. The number of H-pyrrole nitrogens is 1. The monoisotopic (exact) mass is 351 g/mol. The fourth-order valence-corrected chi connectivity index (χ4v) is 3.48. The van der Waals surface area contributed by atoms with Gasteiger partial charge < -0.3 is 4.98 Å². The minimum atomic E-state index is -1.97. The Hall–Kier alpha value is -2.54. The van der Waals surface area contributed by atoms with Crippen LogP contribution in [0.4, 0.5) is 0 Å². The molecule has 6 heteroatoms. The molecule has 3 N–H and O–H groups in total. The van der Waals surface area contributed by atoms with Gasteiger partial charge in [-0.15, -0.1) is 0 Å². The van der Waals surface area contributed by atoms with Crippen LogP contribution in [0.1, 0.15) is 5.56 Å². The Morgan fingerprint density at radius 2 is 2.00 bits per heavy atom. The number of hydrogen-bond donors (Lipinski definition) is 3. The first-order valence-electron chi connectivity index (χ1n) is 8.01. The van der Waals surface area contributed by atoms with Gasteiger partial charge in [-0.25, -0.2) is 13.9 Å². The average molecular weight is 351 g/mol. The number of nitrogens with zero attached hydrogens (tertiary/aromatic N) is 1. The van der Waals surface area contributed by atoms with Gasteiger partial charge in [0.2, 0.25) is 11.3 Å². The molecule has 4 rings (SSSR count). The molecule has 4 aromatic rings. The number of benzene rings is 2. The molecule has 1 atom stereocenters. The lowest BCUT2D eigenvalue weighted by Crippen LogP contribution is -2.19. The van der Waals surface area contributed by atoms with Crippen LogP contribution < -0.4 is 4.72 Å². The van der Waals surface area contributed by atoms with Gasteiger partial charge in [-0.05, 0) is 41.3 Å². The van der Waals surface area contributed by atoms with Gasteiger partial charge in [0.15, 0.2) is 0 Å². The summed E-state index contributed by atoms with van der Waals surface area (Å²) in [5.41, 5.74) is 5.34. The van der Waals surface area contributed by atoms with Crippen molar-refractivity contribution in [3.63, 3.8) is 0 Å². The van der Waals surface area contributed by atoms with Gasteiger partial charge in [0, 0.05) is 29.0 Å². The maximum atomic E-state index is 10.7. The standard InChI is InChI=1S/C19H17N3O2S/c23-25(24)21-11-9-13-4-1-5-14(12-13)15-6-2-8-17-18(15)16-7-3-10-20-19(16)22-17/h1-8,10,12,21H,9,11H2,(H,20,22)(H,23,24). The Morgan fingerprint density at radius 1 is 1.12 bits per heavy atom. The van der Waals surface area contributed by atoms with Crippen molar-refractivity contribution in [2.75, 3.05) is 6.54 Å². The molecule has 2 aromatic carbocycles. The summed E-state index contributed by atoms with van der Waals surface area (Å²) in [7, 11) is 0. The Bertz CT molecular complexity index is 1070. The summed E-state index contributed by atoms with van der Waals surface area (Å²) in [6, 6.07) is 18.5. The van der Waals surface area contributed by atoms with Gasteiger partial charge in [-0.3, -0.25) is 4.55 Å². The number of pyridine rings is 1. The third-order valence-corrected chi connectivity index (χ3v) is 4.72. The predicted molar refractivity (Wildman–Crippen MR) is 102 cm³/mol. The topological polar surface area (TPSA) is 78.0 Å². The highest BCUT2D eigenvalue weighted by Gasteiger charge is 2.10. The molecule has 0 saturated heterocycles. The SMILES string of the molecule is O=S(O)NCCc1cccc(-c2cccc3[nH]c4ncccc4c23)c1. The Kier molecular flexibility index (Phi) is 4.31. The number of aromatic nitrogens is 2. The number of hydrogen-bond acceptors (Lipinski definition) is 2. The van der Waals surface area contributed by atoms with E-state index < -0.39 is 11.3 Å². The quantitative estimate of drug-likeness (QED) is 0.480. The molecule has 0 spiro atoms. The van der Waals surface area contributed by atoms with E-state index in [0.717, 1.165) is 38.6 Å². The van der Waals surface area contributed by atoms with Crippen LogP contribution in [0.25, 0.3) is 33.1 Å². The van der Waals surface area contributed by atoms with Gasteiger partial charge in [-0.2, -0.15) is 0 Å². The molecule has 0 radical (unpaired) electrons. The van der Waals surface area contributed by atoms with Crippen LogP contribution in [0, 0.1) is 0 Å². The highest BCUT2D eigenvalue weighted by Crippen LogP contribution is 2.34. The first-order chi connectivity index (χ1) is 12.2. The zero-order valence-electron chi connectivity index (χ0n) is 13.4. The molecule has 0 aliphatic rings. The van der Waals surface area contributed by atoms with Crippen molar-refractivity contribution in [3.8, 4) is 11.1 Å². The molecule has 5 nitrogen and oxygen atoms in total. The summed E-state index contributed by atoms with van der Waals surface area (Å²) in [5.74, 6) is 0. The molecule has 0 aliphatic carbocycles. The smallest absolute Gasteiger partial charge is 0.231 e. The van der Waals surface area contributed by atoms with E-state index in [-0.39, 0.29) is 0 Å². The van der Waals surface area contributed by atoms with Gasteiger partial charge in [-0.1, -0.05) is 36.4 Å². The molecular formula is C19H17N3O2S. The van der Waals surface area contributed by atoms with Crippen LogP contribution >= 0.6 is 0 Å². The average Bonchev–Trinajstić information content (AvgIpc) is 3.00. The first kappa shape index (κ1) is 16.0. The van der Waals surface area contributed by atoms with Gasteiger partial charge in [0.25, 0.3) is 0 Å². The van der Waals surface area contributed by atoms with E-state index in [0.29, 0.717) is 13.0 Å². The molecule has 2 heterocycles. The molecule has 126 valence electrons. The van der Waals surface area contributed by atoms with E-state index in [1.807, 2.05) is 24.3 Å². The minimum absolute atomic E-state index is 0.452. The number of aromatic amines is 1. The summed E-state index contributed by atoms with van der Waals surface area (Å²) in [6.45, 7) is 0.452. The largest absolute Gasteiger partial charge is 0.339 e. The van der Waals surface area contributed by atoms with Crippen molar-refractivity contribution in [1.29, 1.82) is 0 Å². The van der Waals surface area contributed by atoms with Crippen LogP contribution in [-0.4, -0.2) is 25.3 Å². The van der Waals surface area contributed by atoms with Crippen molar-refractivity contribution < 1.29 is 8.76 Å². The molecule has 2 aromatic heterocycles. The number of nitrogens with one attached hydrogen (secondary N) is 2. The second kappa shape index (κ2) is 6.76. The van der Waals surface area contributed by atoms with Gasteiger partial charge >= 0.3 is 0 Å². The first-order valence-corrected chi connectivity index (χ1v) is 9.12. The van der Waals surface area contributed by atoms with E-state index in [9.17, 15) is 4.21 Å². The predicted octanol–water partition coefficient (Wildman–Crippen LogP) is 3.65. The van der Waals surface area contributed by atoms with E-state index >= 15 is 0 Å². The van der Waals surface area contributed by atoms with Gasteiger partial charge in [0.05, 0.1) is 0 Å². The minimum Gasteiger partial charge on any atom is -0.339 e. The molecule has 0 amide bonds. The molecule has 0 saturated carbocycles. The van der Waals surface area contributed by atoms with Crippen LogP contribution in [0.2, 0.25) is 0 Å². The Morgan fingerprint density at radius 3 is 2.88 bits per heavy atom. The Balaban J connectivity index is 1.78. The highest BCUT2D eigenvalue weighted by atomic mass is 32.2. The Labute approximate surface area is 147 Å². The van der Waals surface area contributed by atoms with Crippen LogP contribution in [-0.2, 0) is 17.7 Å². The normalized spacial score (nSPS) is 12.7. The van der Waals surface area contributed by atoms with Crippen molar-refractivity contribution >= 4 is 33.2 Å².